The van der Waals surface area contributed by atoms with Crippen molar-refractivity contribution in [3.8, 4) is 11.3 Å². The van der Waals surface area contributed by atoms with Gasteiger partial charge in [0, 0.05) is 24.7 Å². The van der Waals surface area contributed by atoms with Gasteiger partial charge in [0.05, 0.1) is 5.02 Å². The van der Waals surface area contributed by atoms with Crippen molar-refractivity contribution in [3.63, 3.8) is 0 Å². The van der Waals surface area contributed by atoms with Gasteiger partial charge in [0.15, 0.2) is 5.76 Å². The first kappa shape index (κ1) is 14.8. The summed E-state index contributed by atoms with van der Waals surface area (Å²) in [6.45, 7) is 3.29. The number of furan rings is 1. The van der Waals surface area contributed by atoms with Crippen molar-refractivity contribution in [2.24, 2.45) is 5.92 Å². The Bertz CT molecular complexity index is 715. The van der Waals surface area contributed by atoms with Gasteiger partial charge in [0.2, 0.25) is 0 Å². The van der Waals surface area contributed by atoms with E-state index in [0.29, 0.717) is 16.5 Å². The Balaban J connectivity index is 1.46. The topological polar surface area (TPSA) is 45.5 Å². The van der Waals surface area contributed by atoms with Crippen LogP contribution in [0.15, 0.2) is 40.8 Å². The van der Waals surface area contributed by atoms with E-state index >= 15 is 0 Å². The SMILES string of the molecule is O=C(N[C@H]1C[C@H]2CCN(C2)C1)c1ccc(-c2ccccc2Cl)o1. The van der Waals surface area contributed by atoms with Crippen LogP contribution in [0.3, 0.4) is 0 Å². The third-order valence-corrected chi connectivity index (χ3v) is 5.10. The van der Waals surface area contributed by atoms with E-state index in [4.69, 9.17) is 16.0 Å². The van der Waals surface area contributed by atoms with Gasteiger partial charge in [-0.05, 0) is 49.6 Å². The summed E-state index contributed by atoms with van der Waals surface area (Å²) in [4.78, 5) is 14.8. The molecule has 0 radical (unpaired) electrons. The highest BCUT2D eigenvalue weighted by Crippen LogP contribution is 2.30. The number of hydrogen-bond acceptors (Lipinski definition) is 3. The number of piperidine rings is 1. The van der Waals surface area contributed by atoms with Crippen molar-refractivity contribution in [1.29, 1.82) is 0 Å². The van der Waals surface area contributed by atoms with Gasteiger partial charge in [-0.1, -0.05) is 23.7 Å². The largest absolute Gasteiger partial charge is 0.451 e. The monoisotopic (exact) mass is 330 g/mol. The molecule has 1 unspecified atom stereocenters. The molecule has 120 valence electrons. The molecule has 2 bridgehead atoms. The molecule has 23 heavy (non-hydrogen) atoms. The van der Waals surface area contributed by atoms with Crippen LogP contribution in [0.5, 0.6) is 0 Å². The van der Waals surface area contributed by atoms with Crippen LogP contribution in [-0.2, 0) is 0 Å². The molecular weight excluding hydrogens is 312 g/mol. The summed E-state index contributed by atoms with van der Waals surface area (Å²) in [5.41, 5.74) is 0.801. The molecular formula is C18H19ClN2O2. The number of amides is 1. The summed E-state index contributed by atoms with van der Waals surface area (Å²) in [6, 6.07) is 11.2. The van der Waals surface area contributed by atoms with Crippen LogP contribution < -0.4 is 5.32 Å². The molecule has 1 amide bonds. The van der Waals surface area contributed by atoms with Gasteiger partial charge in [-0.2, -0.15) is 0 Å². The van der Waals surface area contributed by atoms with Crippen LogP contribution in [0, 0.1) is 5.92 Å². The van der Waals surface area contributed by atoms with E-state index in [1.807, 2.05) is 24.3 Å². The molecule has 1 aromatic carbocycles. The molecule has 5 heteroatoms. The zero-order valence-electron chi connectivity index (χ0n) is 12.8. The Morgan fingerprint density at radius 1 is 1.22 bits per heavy atom. The maximum Gasteiger partial charge on any atom is 0.287 e. The van der Waals surface area contributed by atoms with Crippen molar-refractivity contribution in [2.45, 2.75) is 18.9 Å². The second-order valence-electron chi connectivity index (χ2n) is 6.46. The molecule has 3 heterocycles. The Hall–Kier alpha value is -1.78. The Labute approximate surface area is 140 Å². The first-order valence-corrected chi connectivity index (χ1v) is 8.45. The molecule has 4 rings (SSSR count). The number of rotatable bonds is 3. The van der Waals surface area contributed by atoms with Crippen LogP contribution in [0.2, 0.25) is 5.02 Å². The van der Waals surface area contributed by atoms with Gasteiger partial charge in [-0.25, -0.2) is 0 Å². The molecule has 0 saturated carbocycles. The van der Waals surface area contributed by atoms with E-state index < -0.39 is 0 Å². The third kappa shape index (κ3) is 3.01. The maximum atomic E-state index is 12.4. The van der Waals surface area contributed by atoms with Gasteiger partial charge in [-0.15, -0.1) is 0 Å². The van der Waals surface area contributed by atoms with E-state index in [0.717, 1.165) is 31.0 Å². The number of hydrogen-bond donors (Lipinski definition) is 1. The summed E-state index contributed by atoms with van der Waals surface area (Å²) >= 11 is 6.18. The molecule has 3 atom stereocenters. The molecule has 1 aromatic heterocycles. The highest BCUT2D eigenvalue weighted by molar-refractivity contribution is 6.33. The zero-order valence-corrected chi connectivity index (χ0v) is 13.6. The average molecular weight is 331 g/mol. The third-order valence-electron chi connectivity index (χ3n) is 4.77. The van der Waals surface area contributed by atoms with E-state index in [2.05, 4.69) is 10.2 Å². The summed E-state index contributed by atoms with van der Waals surface area (Å²) in [7, 11) is 0. The Kier molecular flexibility index (Phi) is 3.87. The minimum absolute atomic E-state index is 0.143. The highest BCUT2D eigenvalue weighted by atomic mass is 35.5. The first-order chi connectivity index (χ1) is 11.2. The van der Waals surface area contributed by atoms with E-state index in [1.165, 1.54) is 13.0 Å². The quantitative estimate of drug-likeness (QED) is 0.938. The second-order valence-corrected chi connectivity index (χ2v) is 6.87. The van der Waals surface area contributed by atoms with Crippen molar-refractivity contribution in [1.82, 2.24) is 10.2 Å². The van der Waals surface area contributed by atoms with E-state index in [1.54, 1.807) is 12.1 Å². The minimum Gasteiger partial charge on any atom is -0.451 e. The Morgan fingerprint density at radius 3 is 2.91 bits per heavy atom. The summed E-state index contributed by atoms with van der Waals surface area (Å²) in [6.07, 6.45) is 2.32. The summed E-state index contributed by atoms with van der Waals surface area (Å²) in [5, 5.41) is 3.72. The predicted molar refractivity (Wildman–Crippen MR) is 89.6 cm³/mol. The fourth-order valence-electron chi connectivity index (χ4n) is 3.69. The molecule has 2 fully saturated rings. The van der Waals surface area contributed by atoms with Crippen LogP contribution in [0.25, 0.3) is 11.3 Å². The van der Waals surface area contributed by atoms with Crippen LogP contribution in [-0.4, -0.2) is 36.5 Å². The van der Waals surface area contributed by atoms with E-state index in [9.17, 15) is 4.79 Å². The molecule has 0 aliphatic carbocycles. The number of fused-ring (bicyclic) bond motifs is 2. The minimum atomic E-state index is -0.143. The maximum absolute atomic E-state index is 12.4. The van der Waals surface area contributed by atoms with Crippen molar-refractivity contribution in [2.75, 3.05) is 19.6 Å². The van der Waals surface area contributed by atoms with Crippen LogP contribution in [0.1, 0.15) is 23.4 Å². The first-order valence-electron chi connectivity index (χ1n) is 8.07. The van der Waals surface area contributed by atoms with Gasteiger partial charge < -0.3 is 14.6 Å². The van der Waals surface area contributed by atoms with Crippen molar-refractivity contribution in [3.05, 3.63) is 47.2 Å². The van der Waals surface area contributed by atoms with E-state index in [-0.39, 0.29) is 11.9 Å². The molecule has 2 aliphatic rings. The number of carbonyl (C=O) groups is 1. The summed E-state index contributed by atoms with van der Waals surface area (Å²) in [5.74, 6) is 1.54. The molecule has 2 saturated heterocycles. The standard InChI is InChI=1S/C18H19ClN2O2/c19-15-4-2-1-3-14(15)16-5-6-17(23-16)18(22)20-13-9-12-7-8-21(10-12)11-13/h1-6,12-13H,7-11H2,(H,20,22)/t12-,13+/m1/s1. The van der Waals surface area contributed by atoms with Crippen LogP contribution >= 0.6 is 11.6 Å². The molecule has 2 aromatic rings. The number of carbonyl (C=O) groups excluding carboxylic acids is 1. The number of nitrogens with zero attached hydrogens (tertiary/aromatic N) is 1. The average Bonchev–Trinajstić information content (AvgIpc) is 3.15. The lowest BCUT2D eigenvalue weighted by atomic mass is 9.97. The van der Waals surface area contributed by atoms with Gasteiger partial charge in [0.25, 0.3) is 5.91 Å². The Morgan fingerprint density at radius 2 is 2.09 bits per heavy atom. The van der Waals surface area contributed by atoms with Gasteiger partial charge in [0.1, 0.15) is 5.76 Å². The van der Waals surface area contributed by atoms with Gasteiger partial charge in [-0.3, -0.25) is 4.79 Å². The lowest BCUT2D eigenvalue weighted by Gasteiger charge is -2.30. The van der Waals surface area contributed by atoms with Crippen molar-refractivity contribution >= 4 is 17.5 Å². The lowest BCUT2D eigenvalue weighted by molar-refractivity contribution is 0.0882. The predicted octanol–water partition coefficient (Wildman–Crippen LogP) is 3.42. The smallest absolute Gasteiger partial charge is 0.287 e. The molecule has 4 nitrogen and oxygen atoms in total. The number of benzene rings is 1. The lowest BCUT2D eigenvalue weighted by Crippen LogP contribution is -2.46. The fourth-order valence-corrected chi connectivity index (χ4v) is 3.92. The fraction of sp³-hybridized carbons (Fsp3) is 0.389. The zero-order chi connectivity index (χ0) is 15.8. The molecule has 0 spiro atoms. The normalized spacial score (nSPS) is 26.2. The number of halogens is 1. The van der Waals surface area contributed by atoms with Crippen LogP contribution in [0.4, 0.5) is 0 Å². The summed E-state index contributed by atoms with van der Waals surface area (Å²) < 4.78 is 5.71. The molecule has 2 aliphatic heterocycles. The second kappa shape index (κ2) is 6.02. The van der Waals surface area contributed by atoms with Gasteiger partial charge >= 0.3 is 0 Å². The van der Waals surface area contributed by atoms with Crippen molar-refractivity contribution < 1.29 is 9.21 Å². The molecule has 1 N–H and O–H groups in total. The highest BCUT2D eigenvalue weighted by Gasteiger charge is 2.33. The number of nitrogens with one attached hydrogen (secondary N) is 1.